The van der Waals surface area contributed by atoms with Crippen molar-refractivity contribution in [2.24, 2.45) is 0 Å². The monoisotopic (exact) mass is 328 g/mol. The van der Waals surface area contributed by atoms with Gasteiger partial charge >= 0.3 is 0 Å². The fourth-order valence-corrected chi connectivity index (χ4v) is 3.26. The van der Waals surface area contributed by atoms with Crippen LogP contribution < -0.4 is 4.90 Å². The first-order chi connectivity index (χ1) is 9.15. The number of rotatable bonds is 2. The molecule has 0 aromatic heterocycles. The summed E-state index contributed by atoms with van der Waals surface area (Å²) in [4.78, 5) is 4.59. The molecule has 0 unspecified atom stereocenters. The Morgan fingerprint density at radius 1 is 1.21 bits per heavy atom. The number of nitrogens with zero attached hydrogens (tertiary/aromatic N) is 2. The van der Waals surface area contributed by atoms with E-state index in [-0.39, 0.29) is 5.82 Å². The molecule has 3 nitrogen and oxygen atoms in total. The zero-order valence-corrected chi connectivity index (χ0v) is 12.6. The van der Waals surface area contributed by atoms with Gasteiger partial charge in [0.05, 0.1) is 29.4 Å². The highest BCUT2D eigenvalue weighted by molar-refractivity contribution is 9.10. The number of benzene rings is 1. The Hall–Kier alpha value is -0.650. The second-order valence-corrected chi connectivity index (χ2v) is 6.15. The molecule has 2 aliphatic heterocycles. The zero-order valence-electron chi connectivity index (χ0n) is 11.0. The molecule has 0 N–H and O–H groups in total. The van der Waals surface area contributed by atoms with Gasteiger partial charge in [-0.3, -0.25) is 4.90 Å². The van der Waals surface area contributed by atoms with Crippen molar-refractivity contribution in [1.29, 1.82) is 0 Å². The summed E-state index contributed by atoms with van der Waals surface area (Å²) >= 11 is 3.29. The minimum Gasteiger partial charge on any atom is -0.378 e. The van der Waals surface area contributed by atoms with E-state index < -0.39 is 0 Å². The summed E-state index contributed by atoms with van der Waals surface area (Å²) in [6, 6.07) is 4.33. The number of ether oxygens (including phenoxy) is 1. The minimum atomic E-state index is -0.147. The second-order valence-electron chi connectivity index (χ2n) is 5.29. The van der Waals surface area contributed by atoms with Crippen LogP contribution in [-0.2, 0) is 4.74 Å². The van der Waals surface area contributed by atoms with Crippen LogP contribution in [0, 0.1) is 12.7 Å². The highest BCUT2D eigenvalue weighted by atomic mass is 79.9. The number of anilines is 1. The predicted octanol–water partition coefficient (Wildman–Crippen LogP) is 2.42. The molecular formula is C14H18BrFN2O. The van der Waals surface area contributed by atoms with Crippen LogP contribution in [0.2, 0.25) is 0 Å². The van der Waals surface area contributed by atoms with Gasteiger partial charge in [-0.2, -0.15) is 0 Å². The quantitative estimate of drug-likeness (QED) is 0.829. The molecule has 1 aromatic rings. The number of piperazine rings is 1. The third kappa shape index (κ3) is 2.64. The molecule has 0 spiro atoms. The van der Waals surface area contributed by atoms with E-state index >= 15 is 0 Å². The largest absolute Gasteiger partial charge is 0.378 e. The Bertz CT molecular complexity index is 471. The Morgan fingerprint density at radius 3 is 2.47 bits per heavy atom. The number of aryl methyl sites for hydroxylation is 1. The van der Waals surface area contributed by atoms with Crippen LogP contribution in [-0.4, -0.2) is 50.3 Å². The van der Waals surface area contributed by atoms with Gasteiger partial charge in [0.15, 0.2) is 5.82 Å². The van der Waals surface area contributed by atoms with E-state index in [0.717, 1.165) is 50.6 Å². The Kier molecular flexibility index (Phi) is 3.78. The van der Waals surface area contributed by atoms with E-state index in [4.69, 9.17) is 4.74 Å². The lowest BCUT2D eigenvalue weighted by atomic mass is 10.1. The van der Waals surface area contributed by atoms with Crippen molar-refractivity contribution in [2.45, 2.75) is 13.0 Å². The third-order valence-electron chi connectivity index (χ3n) is 3.95. The van der Waals surface area contributed by atoms with Crippen molar-refractivity contribution in [1.82, 2.24) is 4.90 Å². The molecule has 1 aromatic carbocycles. The molecule has 0 aliphatic carbocycles. The molecule has 0 atom stereocenters. The van der Waals surface area contributed by atoms with Crippen LogP contribution in [0.4, 0.5) is 10.1 Å². The normalized spacial score (nSPS) is 21.5. The Morgan fingerprint density at radius 2 is 1.89 bits per heavy atom. The topological polar surface area (TPSA) is 15.7 Å². The summed E-state index contributed by atoms with van der Waals surface area (Å²) in [6.07, 6.45) is 0. The van der Waals surface area contributed by atoms with Gasteiger partial charge in [-0.15, -0.1) is 0 Å². The lowest BCUT2D eigenvalue weighted by molar-refractivity contribution is -0.0660. The highest BCUT2D eigenvalue weighted by Gasteiger charge is 2.29. The van der Waals surface area contributed by atoms with Crippen LogP contribution in [0.1, 0.15) is 5.56 Å². The fraction of sp³-hybridized carbons (Fsp3) is 0.571. The molecule has 0 amide bonds. The average Bonchev–Trinajstić information content (AvgIpc) is 2.33. The van der Waals surface area contributed by atoms with E-state index in [1.807, 2.05) is 19.1 Å². The summed E-state index contributed by atoms with van der Waals surface area (Å²) in [5.41, 5.74) is 1.80. The van der Waals surface area contributed by atoms with E-state index in [1.165, 1.54) is 0 Å². The van der Waals surface area contributed by atoms with Crippen molar-refractivity contribution < 1.29 is 9.13 Å². The molecule has 2 fully saturated rings. The van der Waals surface area contributed by atoms with Crippen LogP contribution in [0.25, 0.3) is 0 Å². The molecular weight excluding hydrogens is 311 g/mol. The lowest BCUT2D eigenvalue weighted by Gasteiger charge is -2.43. The summed E-state index contributed by atoms with van der Waals surface area (Å²) in [5.74, 6) is -0.147. The lowest BCUT2D eigenvalue weighted by Crippen LogP contribution is -2.56. The third-order valence-corrected chi connectivity index (χ3v) is 4.52. The first kappa shape index (κ1) is 13.3. The number of hydrogen-bond acceptors (Lipinski definition) is 3. The second kappa shape index (κ2) is 5.38. The van der Waals surface area contributed by atoms with E-state index in [0.29, 0.717) is 10.5 Å². The van der Waals surface area contributed by atoms with Gasteiger partial charge < -0.3 is 9.64 Å². The summed E-state index contributed by atoms with van der Waals surface area (Å²) < 4.78 is 20.0. The first-order valence-electron chi connectivity index (χ1n) is 6.67. The standard InChI is InChI=1S/C14H18BrFN2O/c1-10-6-12(15)14(16)13(7-10)18-4-2-17(3-5-18)11-8-19-9-11/h6-7,11H,2-5,8-9H2,1H3. The fourth-order valence-electron chi connectivity index (χ4n) is 2.70. The maximum absolute atomic E-state index is 14.2. The molecule has 0 bridgehead atoms. The molecule has 5 heteroatoms. The number of hydrogen-bond donors (Lipinski definition) is 0. The van der Waals surface area contributed by atoms with Gasteiger partial charge in [-0.05, 0) is 40.5 Å². The predicted molar refractivity (Wildman–Crippen MR) is 77.2 cm³/mol. The Balaban J connectivity index is 1.71. The minimum absolute atomic E-state index is 0.147. The SMILES string of the molecule is Cc1cc(Br)c(F)c(N2CCN(C3COC3)CC2)c1. The number of halogens is 2. The van der Waals surface area contributed by atoms with Crippen molar-refractivity contribution in [3.8, 4) is 0 Å². The summed E-state index contributed by atoms with van der Waals surface area (Å²) in [6.45, 7) is 7.43. The van der Waals surface area contributed by atoms with Gasteiger partial charge in [0, 0.05) is 26.2 Å². The molecule has 19 heavy (non-hydrogen) atoms. The summed E-state index contributed by atoms with van der Waals surface area (Å²) in [7, 11) is 0. The zero-order chi connectivity index (χ0) is 13.4. The van der Waals surface area contributed by atoms with Gasteiger partial charge in [0.2, 0.25) is 0 Å². The van der Waals surface area contributed by atoms with Crippen LogP contribution in [0.15, 0.2) is 16.6 Å². The van der Waals surface area contributed by atoms with Gasteiger partial charge in [0.25, 0.3) is 0 Å². The van der Waals surface area contributed by atoms with E-state index in [1.54, 1.807) is 0 Å². The molecule has 2 aliphatic rings. The average molecular weight is 329 g/mol. The van der Waals surface area contributed by atoms with Gasteiger partial charge in [0.1, 0.15) is 0 Å². The van der Waals surface area contributed by atoms with Crippen molar-refractivity contribution in [3.63, 3.8) is 0 Å². The first-order valence-corrected chi connectivity index (χ1v) is 7.47. The van der Waals surface area contributed by atoms with E-state index in [9.17, 15) is 4.39 Å². The van der Waals surface area contributed by atoms with Crippen LogP contribution in [0.5, 0.6) is 0 Å². The summed E-state index contributed by atoms with van der Waals surface area (Å²) in [5, 5.41) is 0. The maximum Gasteiger partial charge on any atom is 0.160 e. The molecule has 3 rings (SSSR count). The van der Waals surface area contributed by atoms with E-state index in [2.05, 4.69) is 25.7 Å². The smallest absolute Gasteiger partial charge is 0.160 e. The van der Waals surface area contributed by atoms with Gasteiger partial charge in [-0.25, -0.2) is 4.39 Å². The molecule has 0 radical (unpaired) electrons. The maximum atomic E-state index is 14.2. The molecule has 0 saturated carbocycles. The molecule has 2 saturated heterocycles. The van der Waals surface area contributed by atoms with Crippen LogP contribution in [0.3, 0.4) is 0 Å². The van der Waals surface area contributed by atoms with Crippen molar-refractivity contribution >= 4 is 21.6 Å². The molecule has 2 heterocycles. The van der Waals surface area contributed by atoms with Crippen molar-refractivity contribution in [3.05, 3.63) is 28.0 Å². The molecule has 104 valence electrons. The Labute approximate surface area is 121 Å². The van der Waals surface area contributed by atoms with Crippen molar-refractivity contribution in [2.75, 3.05) is 44.3 Å². The highest BCUT2D eigenvalue weighted by Crippen LogP contribution is 2.29. The van der Waals surface area contributed by atoms with Gasteiger partial charge in [-0.1, -0.05) is 0 Å². The van der Waals surface area contributed by atoms with Crippen LogP contribution >= 0.6 is 15.9 Å².